The number of pyridine rings is 1. The number of ether oxygens (including phenoxy) is 3. The standard InChI is InChI=1S/C40H42ClN5O8/c1-25-29(7-4-8-31(25)32-9-5-10-34(26(32)2)52-12-6-11-46-20-37(48)45-38(49)21-46)23-54-36-15-35(53-22-28-13-27(16-42)17-43-18-28)30(14-33(36)41)19-44-40(3,24-47)39(50)51/h4-5,7-10,13-15,17-18,44,47H,6,11-12,19-24H2,1-3H3,(H,50,51)(H,45,48,49)/t40-/m0/s1. The van der Waals surface area contributed by atoms with Crippen LogP contribution in [0, 0.1) is 25.2 Å². The first kappa shape index (κ1) is 39.7. The summed E-state index contributed by atoms with van der Waals surface area (Å²) >= 11 is 6.72. The molecule has 0 aliphatic carbocycles. The number of hydrogen-bond acceptors (Lipinski definition) is 11. The molecule has 4 aromatic rings. The molecule has 3 aromatic carbocycles. The number of aliphatic hydroxyl groups excluding tert-OH is 1. The van der Waals surface area contributed by atoms with E-state index in [4.69, 9.17) is 25.8 Å². The van der Waals surface area contributed by atoms with Crippen molar-refractivity contribution >= 4 is 29.4 Å². The molecular formula is C40H42ClN5O8. The minimum Gasteiger partial charge on any atom is -0.493 e. The van der Waals surface area contributed by atoms with E-state index in [0.717, 1.165) is 33.6 Å². The molecule has 0 radical (unpaired) electrons. The van der Waals surface area contributed by atoms with Gasteiger partial charge >= 0.3 is 5.97 Å². The number of imide groups is 1. The number of carboxylic acid groups (broad SMARTS) is 1. The molecule has 4 N–H and O–H groups in total. The van der Waals surface area contributed by atoms with Crippen molar-refractivity contribution in [2.24, 2.45) is 0 Å². The van der Waals surface area contributed by atoms with Crippen molar-refractivity contribution < 1.29 is 38.8 Å². The molecule has 1 atom stereocenters. The lowest BCUT2D eigenvalue weighted by Crippen LogP contribution is -2.52. The molecule has 0 saturated carbocycles. The van der Waals surface area contributed by atoms with E-state index in [1.54, 1.807) is 24.4 Å². The fourth-order valence-corrected chi connectivity index (χ4v) is 6.15. The summed E-state index contributed by atoms with van der Waals surface area (Å²) in [6.45, 7) is 6.40. The molecule has 0 spiro atoms. The van der Waals surface area contributed by atoms with Crippen molar-refractivity contribution in [1.82, 2.24) is 20.5 Å². The van der Waals surface area contributed by atoms with Crippen molar-refractivity contribution in [3.05, 3.63) is 105 Å². The molecule has 54 heavy (non-hydrogen) atoms. The number of nitrogens with zero attached hydrogens (tertiary/aromatic N) is 3. The van der Waals surface area contributed by atoms with Crippen LogP contribution in [-0.4, -0.2) is 76.3 Å². The summed E-state index contributed by atoms with van der Waals surface area (Å²) in [6.07, 6.45) is 3.69. The van der Waals surface area contributed by atoms with Gasteiger partial charge in [-0.1, -0.05) is 41.9 Å². The molecule has 1 aliphatic rings. The number of carboxylic acids is 1. The van der Waals surface area contributed by atoms with E-state index in [0.29, 0.717) is 47.8 Å². The summed E-state index contributed by atoms with van der Waals surface area (Å²) in [5.74, 6) is -0.350. The number of aromatic nitrogens is 1. The predicted molar refractivity (Wildman–Crippen MR) is 200 cm³/mol. The van der Waals surface area contributed by atoms with Crippen LogP contribution in [0.3, 0.4) is 0 Å². The number of piperazine rings is 1. The van der Waals surface area contributed by atoms with Gasteiger partial charge in [0.2, 0.25) is 11.8 Å². The Kier molecular flexibility index (Phi) is 13.2. The minimum absolute atomic E-state index is 0.0106. The summed E-state index contributed by atoms with van der Waals surface area (Å²) in [7, 11) is 0. The number of carbonyl (C=O) groups is 3. The second kappa shape index (κ2) is 18.0. The van der Waals surface area contributed by atoms with Crippen LogP contribution in [0.25, 0.3) is 11.1 Å². The van der Waals surface area contributed by atoms with Gasteiger partial charge in [-0.15, -0.1) is 0 Å². The first-order valence-electron chi connectivity index (χ1n) is 17.3. The number of nitriles is 1. The van der Waals surface area contributed by atoms with E-state index in [9.17, 15) is 29.9 Å². The molecule has 1 aliphatic heterocycles. The van der Waals surface area contributed by atoms with Crippen LogP contribution in [0.4, 0.5) is 0 Å². The van der Waals surface area contributed by atoms with E-state index in [-0.39, 0.29) is 49.7 Å². The molecule has 13 nitrogen and oxygen atoms in total. The van der Waals surface area contributed by atoms with E-state index >= 15 is 0 Å². The number of halogens is 1. The number of rotatable bonds is 17. The second-order valence-corrected chi connectivity index (χ2v) is 13.6. The lowest BCUT2D eigenvalue weighted by molar-refractivity contribution is -0.146. The van der Waals surface area contributed by atoms with Gasteiger partial charge in [0.15, 0.2) is 0 Å². The van der Waals surface area contributed by atoms with Gasteiger partial charge in [0.05, 0.1) is 36.9 Å². The Morgan fingerprint density at radius 2 is 1.67 bits per heavy atom. The number of carbonyl (C=O) groups excluding carboxylic acids is 2. The molecule has 5 rings (SSSR count). The summed E-state index contributed by atoms with van der Waals surface area (Å²) in [5.41, 5.74) is 4.85. The third kappa shape index (κ3) is 9.91. The predicted octanol–water partition coefficient (Wildman–Crippen LogP) is 4.70. The zero-order valence-corrected chi connectivity index (χ0v) is 31.0. The van der Waals surface area contributed by atoms with Gasteiger partial charge in [-0.2, -0.15) is 5.26 Å². The lowest BCUT2D eigenvalue weighted by Gasteiger charge is -2.25. The number of amides is 2. The molecule has 14 heteroatoms. The SMILES string of the molecule is Cc1c(COc2cc(OCc3cncc(C#N)c3)c(CN[C@@](C)(CO)C(=O)O)cc2Cl)cccc1-c1cccc(OCCCN2CC(=O)NC(=O)C2)c1C. The van der Waals surface area contributed by atoms with E-state index in [2.05, 4.69) is 21.7 Å². The van der Waals surface area contributed by atoms with Gasteiger partial charge < -0.3 is 24.4 Å². The van der Waals surface area contributed by atoms with Crippen LogP contribution < -0.4 is 24.8 Å². The highest BCUT2D eigenvalue weighted by molar-refractivity contribution is 6.32. The molecule has 1 saturated heterocycles. The summed E-state index contributed by atoms with van der Waals surface area (Å²) < 4.78 is 18.6. The van der Waals surface area contributed by atoms with Gasteiger partial charge in [-0.3, -0.25) is 34.9 Å². The first-order valence-corrected chi connectivity index (χ1v) is 17.7. The van der Waals surface area contributed by atoms with Crippen molar-refractivity contribution in [3.63, 3.8) is 0 Å². The number of benzene rings is 3. The molecule has 0 bridgehead atoms. The molecule has 1 aromatic heterocycles. The quantitative estimate of drug-likeness (QED) is 0.0862. The smallest absolute Gasteiger partial charge is 0.326 e. The zero-order chi connectivity index (χ0) is 38.8. The normalized spacial score (nSPS) is 14.1. The van der Waals surface area contributed by atoms with Crippen molar-refractivity contribution in [2.45, 2.75) is 52.5 Å². The van der Waals surface area contributed by atoms with Crippen LogP contribution in [0.5, 0.6) is 17.2 Å². The topological polar surface area (TPSA) is 183 Å². The van der Waals surface area contributed by atoms with Gasteiger partial charge in [-0.25, -0.2) is 0 Å². The maximum atomic E-state index is 11.8. The van der Waals surface area contributed by atoms with Gasteiger partial charge in [0, 0.05) is 42.7 Å². The Labute approximate surface area is 318 Å². The third-order valence-electron chi connectivity index (χ3n) is 9.18. The lowest BCUT2D eigenvalue weighted by atomic mass is 9.93. The van der Waals surface area contributed by atoms with Crippen molar-refractivity contribution in [1.29, 1.82) is 5.26 Å². The first-order chi connectivity index (χ1) is 25.9. The fraction of sp³-hybridized carbons (Fsp3) is 0.325. The Morgan fingerprint density at radius 3 is 2.37 bits per heavy atom. The van der Waals surface area contributed by atoms with Gasteiger partial charge in [0.25, 0.3) is 0 Å². The van der Waals surface area contributed by atoms with Crippen LogP contribution >= 0.6 is 11.6 Å². The van der Waals surface area contributed by atoms with Crippen LogP contribution in [0.1, 0.15) is 46.7 Å². The van der Waals surface area contributed by atoms with Crippen LogP contribution in [0.2, 0.25) is 5.02 Å². The molecular weight excluding hydrogens is 714 g/mol. The molecule has 1 fully saturated rings. The zero-order valence-electron chi connectivity index (χ0n) is 30.3. The van der Waals surface area contributed by atoms with Crippen LogP contribution in [0.15, 0.2) is 67.0 Å². The van der Waals surface area contributed by atoms with E-state index in [1.807, 2.05) is 55.1 Å². The largest absolute Gasteiger partial charge is 0.493 e. The molecule has 2 amide bonds. The summed E-state index contributed by atoms with van der Waals surface area (Å²) in [5, 5.41) is 34.1. The molecule has 2 heterocycles. The second-order valence-electron chi connectivity index (χ2n) is 13.2. The fourth-order valence-electron chi connectivity index (χ4n) is 5.91. The number of aliphatic carboxylic acids is 1. The average molecular weight is 756 g/mol. The number of aliphatic hydroxyl groups is 1. The number of hydrogen-bond donors (Lipinski definition) is 4. The minimum atomic E-state index is -1.60. The highest BCUT2D eigenvalue weighted by Gasteiger charge is 2.32. The van der Waals surface area contributed by atoms with Gasteiger partial charge in [0.1, 0.15) is 42.1 Å². The van der Waals surface area contributed by atoms with Crippen molar-refractivity contribution in [3.8, 4) is 34.4 Å². The number of nitrogens with one attached hydrogen (secondary N) is 2. The Hall–Kier alpha value is -5.52. The summed E-state index contributed by atoms with van der Waals surface area (Å²) in [4.78, 5) is 41.0. The van der Waals surface area contributed by atoms with E-state index in [1.165, 1.54) is 13.1 Å². The Morgan fingerprint density at radius 1 is 0.963 bits per heavy atom. The monoisotopic (exact) mass is 755 g/mol. The third-order valence-corrected chi connectivity index (χ3v) is 9.48. The summed E-state index contributed by atoms with van der Waals surface area (Å²) in [6, 6.07) is 18.9. The van der Waals surface area contributed by atoms with E-state index < -0.39 is 18.1 Å². The Bertz CT molecular complexity index is 2050. The van der Waals surface area contributed by atoms with Crippen LogP contribution in [-0.2, 0) is 34.1 Å². The van der Waals surface area contributed by atoms with Crippen molar-refractivity contribution in [2.75, 3.05) is 32.8 Å². The average Bonchev–Trinajstić information content (AvgIpc) is 3.15. The Balaban J connectivity index is 1.31. The highest BCUT2D eigenvalue weighted by Crippen LogP contribution is 2.36. The highest BCUT2D eigenvalue weighted by atomic mass is 35.5. The maximum Gasteiger partial charge on any atom is 0.326 e. The van der Waals surface area contributed by atoms with Gasteiger partial charge in [-0.05, 0) is 73.2 Å². The molecule has 282 valence electrons. The molecule has 0 unspecified atom stereocenters. The maximum absolute atomic E-state index is 11.8.